The van der Waals surface area contributed by atoms with Gasteiger partial charge in [-0.25, -0.2) is 4.98 Å². The number of carbonyl (C=O) groups excluding carboxylic acids is 2. The molecule has 1 amide bonds. The first-order valence-electron chi connectivity index (χ1n) is 8.04. The molecule has 3 aromatic rings. The van der Waals surface area contributed by atoms with Crippen LogP contribution in [0.4, 0.5) is 5.69 Å². The van der Waals surface area contributed by atoms with Gasteiger partial charge >= 0.3 is 5.97 Å². The van der Waals surface area contributed by atoms with E-state index >= 15 is 0 Å². The smallest absolute Gasteiger partial charge is 0.317 e. The molecule has 0 bridgehead atoms. The van der Waals surface area contributed by atoms with Crippen molar-refractivity contribution in [2.75, 3.05) is 11.1 Å². The van der Waals surface area contributed by atoms with Gasteiger partial charge in [-0.05, 0) is 37.3 Å². The van der Waals surface area contributed by atoms with Gasteiger partial charge in [-0.2, -0.15) is 5.26 Å². The quantitative estimate of drug-likeness (QED) is 0.502. The van der Waals surface area contributed by atoms with Gasteiger partial charge in [-0.15, -0.1) is 11.3 Å². The van der Waals surface area contributed by atoms with Crippen molar-refractivity contribution in [3.8, 4) is 6.07 Å². The molecule has 1 aromatic heterocycles. The highest BCUT2D eigenvalue weighted by Gasteiger charge is 2.18. The van der Waals surface area contributed by atoms with Crippen LogP contribution >= 0.6 is 23.1 Å². The second kappa shape index (κ2) is 8.66. The summed E-state index contributed by atoms with van der Waals surface area (Å²) in [6.07, 6.45) is -0.945. The van der Waals surface area contributed by atoms with Crippen LogP contribution in [-0.2, 0) is 14.3 Å². The molecule has 0 radical (unpaired) electrons. The van der Waals surface area contributed by atoms with Crippen molar-refractivity contribution in [2.24, 2.45) is 0 Å². The molecular formula is C19H15N3O3S2. The second-order valence-electron chi connectivity index (χ2n) is 5.55. The molecule has 2 aromatic carbocycles. The van der Waals surface area contributed by atoms with Gasteiger partial charge in [-0.1, -0.05) is 30.0 Å². The van der Waals surface area contributed by atoms with Crippen LogP contribution in [0.15, 0.2) is 52.9 Å². The molecule has 0 aliphatic carbocycles. The van der Waals surface area contributed by atoms with Crippen LogP contribution in [0.3, 0.4) is 0 Å². The summed E-state index contributed by atoms with van der Waals surface area (Å²) in [7, 11) is 0. The van der Waals surface area contributed by atoms with Crippen LogP contribution in [0.2, 0.25) is 0 Å². The first-order valence-corrected chi connectivity index (χ1v) is 9.84. The number of fused-ring (bicyclic) bond motifs is 1. The molecule has 0 aliphatic heterocycles. The number of nitrogens with one attached hydrogen (secondary N) is 1. The molecule has 0 unspecified atom stereocenters. The van der Waals surface area contributed by atoms with Crippen molar-refractivity contribution in [3.05, 3.63) is 54.1 Å². The zero-order valence-corrected chi connectivity index (χ0v) is 16.0. The van der Waals surface area contributed by atoms with Crippen molar-refractivity contribution in [2.45, 2.75) is 17.4 Å². The lowest BCUT2D eigenvalue weighted by molar-refractivity contribution is -0.150. The first-order chi connectivity index (χ1) is 13.0. The molecule has 0 saturated heterocycles. The van der Waals surface area contributed by atoms with Crippen LogP contribution in [-0.4, -0.2) is 28.7 Å². The molecule has 0 spiro atoms. The Morgan fingerprint density at radius 3 is 2.89 bits per heavy atom. The van der Waals surface area contributed by atoms with Crippen molar-refractivity contribution in [3.63, 3.8) is 0 Å². The number of carbonyl (C=O) groups is 2. The largest absolute Gasteiger partial charge is 0.452 e. The summed E-state index contributed by atoms with van der Waals surface area (Å²) in [5, 5.41) is 11.5. The van der Waals surface area contributed by atoms with E-state index in [2.05, 4.69) is 10.3 Å². The highest BCUT2D eigenvalue weighted by atomic mass is 32.2. The Morgan fingerprint density at radius 2 is 2.11 bits per heavy atom. The SMILES string of the molecule is C[C@H](OC(=O)CSc1nc2ccccc2s1)C(=O)Nc1cccc(C#N)c1. The zero-order valence-electron chi connectivity index (χ0n) is 14.3. The number of nitrogens with zero attached hydrogens (tertiary/aromatic N) is 2. The Kier molecular flexibility index (Phi) is 6.06. The minimum Gasteiger partial charge on any atom is -0.452 e. The Morgan fingerprint density at radius 1 is 1.30 bits per heavy atom. The summed E-state index contributed by atoms with van der Waals surface area (Å²) < 4.78 is 7.01. The number of esters is 1. The fourth-order valence-electron chi connectivity index (χ4n) is 2.23. The Labute approximate surface area is 164 Å². The molecule has 8 heteroatoms. The number of rotatable bonds is 6. The number of hydrogen-bond acceptors (Lipinski definition) is 7. The lowest BCUT2D eigenvalue weighted by Gasteiger charge is -2.13. The monoisotopic (exact) mass is 397 g/mol. The molecule has 136 valence electrons. The van der Waals surface area contributed by atoms with Gasteiger partial charge < -0.3 is 10.1 Å². The third-order valence-electron chi connectivity index (χ3n) is 3.52. The van der Waals surface area contributed by atoms with E-state index in [1.165, 1.54) is 30.0 Å². The topological polar surface area (TPSA) is 92.1 Å². The number of nitriles is 1. The first kappa shape index (κ1) is 18.9. The standard InChI is InChI=1S/C19H15N3O3S2/c1-12(18(24)21-14-6-4-5-13(9-14)10-20)25-17(23)11-26-19-22-15-7-2-3-8-16(15)27-19/h2-9,12H,11H2,1H3,(H,21,24)/t12-/m0/s1. The maximum absolute atomic E-state index is 12.2. The molecule has 1 atom stereocenters. The number of thioether (sulfide) groups is 1. The normalized spacial score (nSPS) is 11.6. The van der Waals surface area contributed by atoms with Gasteiger partial charge in [0.25, 0.3) is 5.91 Å². The third-order valence-corrected chi connectivity index (χ3v) is 5.68. The Balaban J connectivity index is 1.50. The number of thiazole rings is 1. The summed E-state index contributed by atoms with van der Waals surface area (Å²) in [6, 6.07) is 16.3. The maximum atomic E-state index is 12.2. The molecule has 27 heavy (non-hydrogen) atoms. The minimum atomic E-state index is -0.945. The number of anilines is 1. The minimum absolute atomic E-state index is 0.0708. The van der Waals surface area contributed by atoms with E-state index in [-0.39, 0.29) is 5.75 Å². The van der Waals surface area contributed by atoms with E-state index in [0.29, 0.717) is 11.3 Å². The van der Waals surface area contributed by atoms with E-state index in [1.54, 1.807) is 24.3 Å². The lowest BCUT2D eigenvalue weighted by atomic mass is 10.2. The average molecular weight is 397 g/mol. The van der Waals surface area contributed by atoms with Crippen molar-refractivity contribution < 1.29 is 14.3 Å². The summed E-state index contributed by atoms with van der Waals surface area (Å²) in [5.41, 5.74) is 1.81. The predicted octanol–water partition coefficient (Wildman–Crippen LogP) is 3.83. The van der Waals surface area contributed by atoms with Crippen LogP contribution < -0.4 is 5.32 Å². The molecule has 0 fully saturated rings. The van der Waals surface area contributed by atoms with Gasteiger partial charge in [0.15, 0.2) is 10.4 Å². The van der Waals surface area contributed by atoms with E-state index in [9.17, 15) is 9.59 Å². The van der Waals surface area contributed by atoms with Gasteiger partial charge in [0, 0.05) is 5.69 Å². The van der Waals surface area contributed by atoms with Gasteiger partial charge in [0.1, 0.15) is 0 Å². The average Bonchev–Trinajstić information content (AvgIpc) is 3.09. The van der Waals surface area contributed by atoms with Gasteiger partial charge in [-0.3, -0.25) is 9.59 Å². The molecule has 1 N–H and O–H groups in total. The van der Waals surface area contributed by atoms with Crippen molar-refractivity contribution in [1.82, 2.24) is 4.98 Å². The molecule has 1 heterocycles. The summed E-state index contributed by atoms with van der Waals surface area (Å²) >= 11 is 2.79. The number of benzene rings is 2. The number of ether oxygens (including phenoxy) is 1. The van der Waals surface area contributed by atoms with E-state index in [1.807, 2.05) is 30.3 Å². The Hall–Kier alpha value is -2.89. The van der Waals surface area contributed by atoms with Crippen LogP contribution in [0.5, 0.6) is 0 Å². The Bertz CT molecular complexity index is 993. The highest BCUT2D eigenvalue weighted by Crippen LogP contribution is 2.29. The number of hydrogen-bond donors (Lipinski definition) is 1. The van der Waals surface area contributed by atoms with Crippen LogP contribution in [0.1, 0.15) is 12.5 Å². The number of amides is 1. The van der Waals surface area contributed by atoms with Gasteiger partial charge in [0.2, 0.25) is 0 Å². The fourth-order valence-corrected chi connectivity index (χ4v) is 4.08. The molecular weight excluding hydrogens is 382 g/mol. The van der Waals surface area contributed by atoms with Crippen molar-refractivity contribution >= 4 is 50.9 Å². The van der Waals surface area contributed by atoms with Gasteiger partial charge in [0.05, 0.1) is 27.6 Å². The van der Waals surface area contributed by atoms with E-state index in [0.717, 1.165) is 14.6 Å². The fraction of sp³-hybridized carbons (Fsp3) is 0.158. The van der Waals surface area contributed by atoms with Crippen molar-refractivity contribution in [1.29, 1.82) is 5.26 Å². The predicted molar refractivity (Wildman–Crippen MR) is 106 cm³/mol. The van der Waals surface area contributed by atoms with Crippen LogP contribution in [0.25, 0.3) is 10.2 Å². The molecule has 3 rings (SSSR count). The summed E-state index contributed by atoms with van der Waals surface area (Å²) in [5.74, 6) is -0.877. The zero-order chi connectivity index (χ0) is 19.2. The molecule has 0 aliphatic rings. The summed E-state index contributed by atoms with van der Waals surface area (Å²) in [4.78, 5) is 28.6. The number of para-hydroxylation sites is 1. The maximum Gasteiger partial charge on any atom is 0.317 e. The van der Waals surface area contributed by atoms with Crippen LogP contribution in [0, 0.1) is 11.3 Å². The number of aromatic nitrogens is 1. The molecule has 0 saturated carbocycles. The van der Waals surface area contributed by atoms with E-state index in [4.69, 9.17) is 10.00 Å². The highest BCUT2D eigenvalue weighted by molar-refractivity contribution is 8.01. The van der Waals surface area contributed by atoms with E-state index < -0.39 is 18.0 Å². The summed E-state index contributed by atoms with van der Waals surface area (Å²) in [6.45, 7) is 1.50. The third kappa shape index (κ3) is 5.06. The molecule has 6 nitrogen and oxygen atoms in total. The second-order valence-corrected chi connectivity index (χ2v) is 7.80. The lowest BCUT2D eigenvalue weighted by Crippen LogP contribution is -2.30.